The van der Waals surface area contributed by atoms with Crippen LogP contribution in [0.5, 0.6) is 17.2 Å². The van der Waals surface area contributed by atoms with E-state index in [4.69, 9.17) is 14.2 Å². The summed E-state index contributed by atoms with van der Waals surface area (Å²) >= 11 is 0. The first-order valence-electron chi connectivity index (χ1n) is 7.29. The van der Waals surface area contributed by atoms with Gasteiger partial charge in [0.15, 0.2) is 11.5 Å². The molecule has 0 aliphatic carbocycles. The highest BCUT2D eigenvalue weighted by atomic mass is 16.5. The van der Waals surface area contributed by atoms with E-state index >= 15 is 0 Å². The molecule has 0 unspecified atom stereocenters. The topological polar surface area (TPSA) is 27.7 Å². The molecule has 0 saturated heterocycles. The quantitative estimate of drug-likeness (QED) is 0.771. The Morgan fingerprint density at radius 2 is 1.39 bits per heavy atom. The number of methoxy groups -OCH3 is 3. The molecule has 0 heterocycles. The molecule has 3 heteroatoms. The number of hydrogen-bond donors (Lipinski definition) is 0. The molecule has 0 spiro atoms. The van der Waals surface area contributed by atoms with Gasteiger partial charge in [-0.1, -0.05) is 43.0 Å². The second-order valence-corrected chi connectivity index (χ2v) is 4.59. The Kier molecular flexibility index (Phi) is 8.08. The van der Waals surface area contributed by atoms with Crippen LogP contribution in [-0.4, -0.2) is 21.3 Å². The summed E-state index contributed by atoms with van der Waals surface area (Å²) in [6.45, 7) is 5.63. The van der Waals surface area contributed by atoms with Gasteiger partial charge < -0.3 is 14.2 Å². The molecule has 0 amide bonds. The van der Waals surface area contributed by atoms with E-state index in [9.17, 15) is 0 Å². The molecule has 0 aliphatic heterocycles. The molecule has 2 aromatic rings. The molecule has 122 valence electrons. The van der Waals surface area contributed by atoms with E-state index in [1.165, 1.54) is 0 Å². The molecule has 0 fully saturated rings. The van der Waals surface area contributed by atoms with Crippen LogP contribution in [0.25, 0.3) is 12.2 Å². The summed E-state index contributed by atoms with van der Waals surface area (Å²) in [7, 11) is 4.92. The SMILES string of the molecule is C=Cc1ccc(OC)cc1.CC=Cc1ccc(OC)c(OC)c1. The van der Waals surface area contributed by atoms with Crippen molar-refractivity contribution >= 4 is 12.2 Å². The van der Waals surface area contributed by atoms with Crippen LogP contribution in [0.2, 0.25) is 0 Å². The molecule has 0 bridgehead atoms. The van der Waals surface area contributed by atoms with Crippen molar-refractivity contribution in [2.75, 3.05) is 21.3 Å². The molecular formula is C20H24O3. The second-order valence-electron chi connectivity index (χ2n) is 4.59. The smallest absolute Gasteiger partial charge is 0.161 e. The fourth-order valence-electron chi connectivity index (χ4n) is 1.89. The average molecular weight is 312 g/mol. The monoisotopic (exact) mass is 312 g/mol. The number of benzene rings is 2. The third-order valence-electron chi connectivity index (χ3n) is 3.12. The highest BCUT2D eigenvalue weighted by Gasteiger charge is 2.01. The van der Waals surface area contributed by atoms with Crippen molar-refractivity contribution in [2.45, 2.75) is 6.92 Å². The molecule has 3 nitrogen and oxygen atoms in total. The van der Waals surface area contributed by atoms with Gasteiger partial charge in [0.25, 0.3) is 0 Å². The van der Waals surface area contributed by atoms with E-state index in [-0.39, 0.29) is 0 Å². The minimum Gasteiger partial charge on any atom is -0.497 e. The second kappa shape index (κ2) is 10.1. The highest BCUT2D eigenvalue weighted by molar-refractivity contribution is 5.55. The van der Waals surface area contributed by atoms with E-state index in [1.807, 2.05) is 61.5 Å². The molecule has 2 rings (SSSR count). The van der Waals surface area contributed by atoms with Gasteiger partial charge in [-0.3, -0.25) is 0 Å². The number of allylic oxidation sites excluding steroid dienone is 1. The average Bonchev–Trinajstić information content (AvgIpc) is 2.62. The van der Waals surface area contributed by atoms with Gasteiger partial charge in [-0.15, -0.1) is 0 Å². The Balaban J connectivity index is 0.000000238. The molecule has 2 aromatic carbocycles. The highest BCUT2D eigenvalue weighted by Crippen LogP contribution is 2.27. The summed E-state index contributed by atoms with van der Waals surface area (Å²) in [5.41, 5.74) is 2.22. The van der Waals surface area contributed by atoms with E-state index in [0.29, 0.717) is 0 Å². The first-order valence-corrected chi connectivity index (χ1v) is 7.29. The van der Waals surface area contributed by atoms with E-state index in [0.717, 1.165) is 28.4 Å². The summed E-state index contributed by atoms with van der Waals surface area (Å²) in [4.78, 5) is 0. The summed E-state index contributed by atoms with van der Waals surface area (Å²) in [5.74, 6) is 2.40. The number of hydrogen-bond acceptors (Lipinski definition) is 3. The van der Waals surface area contributed by atoms with Crippen LogP contribution in [0.1, 0.15) is 18.1 Å². The van der Waals surface area contributed by atoms with Crippen molar-refractivity contribution in [2.24, 2.45) is 0 Å². The normalized spacial score (nSPS) is 9.74. The molecule has 0 aromatic heterocycles. The number of rotatable bonds is 5. The molecular weight excluding hydrogens is 288 g/mol. The van der Waals surface area contributed by atoms with Gasteiger partial charge in [0, 0.05) is 0 Å². The molecule has 0 atom stereocenters. The largest absolute Gasteiger partial charge is 0.497 e. The van der Waals surface area contributed by atoms with Gasteiger partial charge >= 0.3 is 0 Å². The first kappa shape index (κ1) is 18.4. The van der Waals surface area contributed by atoms with Crippen LogP contribution in [0.4, 0.5) is 0 Å². The Morgan fingerprint density at radius 3 is 1.87 bits per heavy atom. The third-order valence-corrected chi connectivity index (χ3v) is 3.12. The van der Waals surface area contributed by atoms with Gasteiger partial charge in [-0.25, -0.2) is 0 Å². The van der Waals surface area contributed by atoms with Crippen LogP contribution in [-0.2, 0) is 0 Å². The van der Waals surface area contributed by atoms with Crippen LogP contribution >= 0.6 is 0 Å². The lowest BCUT2D eigenvalue weighted by Crippen LogP contribution is -1.90. The minimum absolute atomic E-state index is 0.760. The van der Waals surface area contributed by atoms with Gasteiger partial charge in [0.1, 0.15) is 5.75 Å². The first-order chi connectivity index (χ1) is 11.2. The summed E-state index contributed by atoms with van der Waals surface area (Å²) < 4.78 is 15.3. The Hall–Kier alpha value is -2.68. The lowest BCUT2D eigenvalue weighted by Gasteiger charge is -2.07. The van der Waals surface area contributed by atoms with Crippen LogP contribution in [0, 0.1) is 0 Å². The van der Waals surface area contributed by atoms with Gasteiger partial charge in [-0.2, -0.15) is 0 Å². The molecule has 0 saturated carbocycles. The predicted molar refractivity (Wildman–Crippen MR) is 97.3 cm³/mol. The van der Waals surface area contributed by atoms with Crippen LogP contribution in [0.15, 0.2) is 55.1 Å². The zero-order valence-electron chi connectivity index (χ0n) is 14.2. The Bertz CT molecular complexity index is 628. The van der Waals surface area contributed by atoms with E-state index < -0.39 is 0 Å². The minimum atomic E-state index is 0.760. The van der Waals surface area contributed by atoms with Crippen molar-refractivity contribution in [3.63, 3.8) is 0 Å². The third kappa shape index (κ3) is 5.91. The van der Waals surface area contributed by atoms with Crippen LogP contribution < -0.4 is 14.2 Å². The summed E-state index contributed by atoms with van der Waals surface area (Å²) in [6.07, 6.45) is 5.81. The fourth-order valence-corrected chi connectivity index (χ4v) is 1.89. The van der Waals surface area contributed by atoms with Crippen molar-refractivity contribution in [3.8, 4) is 17.2 Å². The fraction of sp³-hybridized carbons (Fsp3) is 0.200. The zero-order chi connectivity index (χ0) is 17.1. The van der Waals surface area contributed by atoms with Crippen molar-refractivity contribution in [1.82, 2.24) is 0 Å². The zero-order valence-corrected chi connectivity index (χ0v) is 14.2. The molecule has 0 N–H and O–H groups in total. The molecule has 0 radical (unpaired) electrons. The number of ether oxygens (including phenoxy) is 3. The van der Waals surface area contributed by atoms with Gasteiger partial charge in [-0.05, 0) is 42.3 Å². The summed E-state index contributed by atoms with van der Waals surface area (Å²) in [5, 5.41) is 0. The Labute approximate surface area is 138 Å². The molecule has 23 heavy (non-hydrogen) atoms. The standard InChI is InChI=1S/C11H14O2.C9H10O/c1-4-5-9-6-7-10(12-2)11(8-9)13-3;1-3-8-4-6-9(10-2)7-5-8/h4-8H,1-3H3;3-7H,1H2,2H3. The lowest BCUT2D eigenvalue weighted by atomic mass is 10.2. The maximum Gasteiger partial charge on any atom is 0.161 e. The maximum absolute atomic E-state index is 5.16. The van der Waals surface area contributed by atoms with Crippen LogP contribution in [0.3, 0.4) is 0 Å². The van der Waals surface area contributed by atoms with Crippen molar-refractivity contribution < 1.29 is 14.2 Å². The van der Waals surface area contributed by atoms with Gasteiger partial charge in [0.05, 0.1) is 21.3 Å². The molecule has 0 aliphatic rings. The predicted octanol–water partition coefficient (Wildman–Crippen LogP) is 5.08. The van der Waals surface area contributed by atoms with Crippen molar-refractivity contribution in [1.29, 1.82) is 0 Å². The Morgan fingerprint density at radius 1 is 0.783 bits per heavy atom. The van der Waals surface area contributed by atoms with Crippen molar-refractivity contribution in [3.05, 3.63) is 66.2 Å². The maximum atomic E-state index is 5.16. The van der Waals surface area contributed by atoms with E-state index in [2.05, 4.69) is 6.58 Å². The summed E-state index contributed by atoms with van der Waals surface area (Å²) in [6, 6.07) is 13.6. The van der Waals surface area contributed by atoms with E-state index in [1.54, 1.807) is 27.4 Å². The van der Waals surface area contributed by atoms with Gasteiger partial charge in [0.2, 0.25) is 0 Å². The lowest BCUT2D eigenvalue weighted by molar-refractivity contribution is 0.355.